The van der Waals surface area contributed by atoms with Crippen LogP contribution in [0.25, 0.3) is 11.1 Å². The molecule has 3 aromatic carbocycles. The van der Waals surface area contributed by atoms with E-state index in [1.165, 1.54) is 4.90 Å². The molecule has 0 unspecified atom stereocenters. The number of amides is 2. The van der Waals surface area contributed by atoms with E-state index in [1.54, 1.807) is 48.5 Å². The fourth-order valence-electron chi connectivity index (χ4n) is 3.91. The third kappa shape index (κ3) is 8.34. The van der Waals surface area contributed by atoms with Crippen LogP contribution in [0.5, 0.6) is 5.75 Å². The minimum absolute atomic E-state index is 0.0248. The number of ether oxygens (including phenoxy) is 1. The summed E-state index contributed by atoms with van der Waals surface area (Å²) >= 11 is 13.0. The monoisotopic (exact) mass is 582 g/mol. The summed E-state index contributed by atoms with van der Waals surface area (Å²) in [6, 6.07) is 17.7. The number of hydrogen-bond acceptors (Lipinski definition) is 4. The van der Waals surface area contributed by atoms with Gasteiger partial charge in [0, 0.05) is 19.4 Å². The van der Waals surface area contributed by atoms with E-state index in [0.717, 1.165) is 16.7 Å². The van der Waals surface area contributed by atoms with Crippen LogP contribution >= 0.6 is 23.2 Å². The van der Waals surface area contributed by atoms with Crippen LogP contribution in [-0.4, -0.2) is 36.0 Å². The number of halogens is 2. The van der Waals surface area contributed by atoms with Gasteiger partial charge in [-0.3, -0.25) is 9.59 Å². The van der Waals surface area contributed by atoms with Crippen LogP contribution in [0.2, 0.25) is 10.0 Å². The van der Waals surface area contributed by atoms with Gasteiger partial charge in [0.2, 0.25) is 11.8 Å². The fourth-order valence-corrected chi connectivity index (χ4v) is 4.42. The quantitative estimate of drug-likeness (QED) is 0.230. The maximum absolute atomic E-state index is 13.1. The summed E-state index contributed by atoms with van der Waals surface area (Å²) in [5, 5.41) is 12.3. The normalized spacial score (nSPS) is 11.0. The minimum Gasteiger partial charge on any atom is -0.482 e. The minimum atomic E-state index is -1.05. The number of nitrogens with zero attached hydrogens (tertiary/aromatic N) is 1. The molecule has 3 rings (SSSR count). The van der Waals surface area contributed by atoms with E-state index in [2.05, 4.69) is 32.7 Å². The smallest absolute Gasteiger partial charge is 0.341 e. The fraction of sp³-hybridized carbons (Fsp3) is 0.258. The van der Waals surface area contributed by atoms with Crippen molar-refractivity contribution in [3.63, 3.8) is 0 Å². The first-order valence-corrected chi connectivity index (χ1v) is 13.4. The Kier molecular flexibility index (Phi) is 10.4. The lowest BCUT2D eigenvalue weighted by Crippen LogP contribution is -2.32. The average molecular weight is 584 g/mol. The van der Waals surface area contributed by atoms with Crippen molar-refractivity contribution >= 4 is 52.4 Å². The van der Waals surface area contributed by atoms with Gasteiger partial charge in [-0.1, -0.05) is 74.3 Å². The molecule has 3 aromatic rings. The maximum Gasteiger partial charge on any atom is 0.341 e. The van der Waals surface area contributed by atoms with Gasteiger partial charge in [0.15, 0.2) is 6.61 Å². The number of anilines is 2. The first-order chi connectivity index (χ1) is 18.9. The third-order valence-electron chi connectivity index (χ3n) is 6.08. The van der Waals surface area contributed by atoms with Crippen LogP contribution in [-0.2, 0) is 19.8 Å². The molecule has 9 heteroatoms. The largest absolute Gasteiger partial charge is 0.482 e. The molecule has 0 saturated carbocycles. The van der Waals surface area contributed by atoms with E-state index < -0.39 is 12.6 Å². The van der Waals surface area contributed by atoms with Crippen molar-refractivity contribution in [2.75, 3.05) is 23.4 Å². The van der Waals surface area contributed by atoms with Gasteiger partial charge >= 0.3 is 5.97 Å². The van der Waals surface area contributed by atoms with Crippen LogP contribution in [0, 0.1) is 0 Å². The van der Waals surface area contributed by atoms with Crippen molar-refractivity contribution in [1.82, 2.24) is 0 Å². The Morgan fingerprint density at radius 3 is 2.20 bits per heavy atom. The molecule has 0 aliphatic carbocycles. The van der Waals surface area contributed by atoms with Crippen molar-refractivity contribution in [3.05, 3.63) is 88.9 Å². The highest BCUT2D eigenvalue weighted by Crippen LogP contribution is 2.33. The number of carbonyl (C=O) groups is 3. The van der Waals surface area contributed by atoms with Gasteiger partial charge in [0.05, 0.1) is 21.4 Å². The molecule has 0 fully saturated rings. The Morgan fingerprint density at radius 2 is 1.62 bits per heavy atom. The molecule has 0 aliphatic heterocycles. The van der Waals surface area contributed by atoms with Gasteiger partial charge in [-0.25, -0.2) is 4.79 Å². The topological polar surface area (TPSA) is 95.9 Å². The first kappa shape index (κ1) is 30.7. The van der Waals surface area contributed by atoms with Crippen LogP contribution in [0.3, 0.4) is 0 Å². The number of carboxylic acids is 1. The van der Waals surface area contributed by atoms with E-state index in [0.29, 0.717) is 27.2 Å². The van der Waals surface area contributed by atoms with E-state index in [4.69, 9.17) is 33.0 Å². The summed E-state index contributed by atoms with van der Waals surface area (Å²) in [7, 11) is 0. The molecule has 0 saturated heterocycles. The average Bonchev–Trinajstić information content (AvgIpc) is 2.90. The second kappa shape index (κ2) is 13.5. The van der Waals surface area contributed by atoms with Gasteiger partial charge in [-0.15, -0.1) is 6.58 Å². The number of aliphatic carboxylic acids is 1. The molecule has 7 nitrogen and oxygen atoms in total. The van der Waals surface area contributed by atoms with Gasteiger partial charge in [-0.2, -0.15) is 0 Å². The van der Waals surface area contributed by atoms with Crippen molar-refractivity contribution < 1.29 is 24.2 Å². The van der Waals surface area contributed by atoms with Crippen molar-refractivity contribution in [1.29, 1.82) is 0 Å². The Morgan fingerprint density at radius 1 is 0.950 bits per heavy atom. The van der Waals surface area contributed by atoms with Crippen molar-refractivity contribution in [3.8, 4) is 16.9 Å². The zero-order valence-electron chi connectivity index (χ0n) is 22.7. The lowest BCUT2D eigenvalue weighted by atomic mass is 9.87. The Labute approximate surface area is 244 Å². The molecule has 2 N–H and O–H groups in total. The van der Waals surface area contributed by atoms with Crippen LogP contribution in [0.1, 0.15) is 39.2 Å². The zero-order chi connectivity index (χ0) is 29.4. The summed E-state index contributed by atoms with van der Waals surface area (Å²) in [6.45, 7) is 9.84. The molecule has 210 valence electrons. The SMILES string of the molecule is C=CCN(C(=O)CCC(=O)Nc1ccc(-c2ccc(OCC(=O)O)cc2)cc1Cl)c1ccc(C(C)(C)C)cc1Cl. The first-order valence-electron chi connectivity index (χ1n) is 12.6. The van der Waals surface area contributed by atoms with Crippen molar-refractivity contribution in [2.24, 2.45) is 0 Å². The van der Waals surface area contributed by atoms with Gasteiger partial charge in [0.1, 0.15) is 5.75 Å². The second-order valence-corrected chi connectivity index (χ2v) is 11.0. The highest BCUT2D eigenvalue weighted by atomic mass is 35.5. The lowest BCUT2D eigenvalue weighted by molar-refractivity contribution is -0.139. The molecule has 0 aliphatic rings. The van der Waals surface area contributed by atoms with Crippen LogP contribution < -0.4 is 15.0 Å². The highest BCUT2D eigenvalue weighted by molar-refractivity contribution is 6.34. The number of hydrogen-bond donors (Lipinski definition) is 2. The number of nitrogens with one attached hydrogen (secondary N) is 1. The van der Waals surface area contributed by atoms with Gasteiger partial charge in [0.25, 0.3) is 0 Å². The molecule has 0 aromatic heterocycles. The predicted octanol–water partition coefficient (Wildman–Crippen LogP) is 7.36. The highest BCUT2D eigenvalue weighted by Gasteiger charge is 2.21. The van der Waals surface area contributed by atoms with Crippen molar-refractivity contribution in [2.45, 2.75) is 39.0 Å². The third-order valence-corrected chi connectivity index (χ3v) is 6.69. The standard InChI is InChI=1S/C31H32Cl2N2O5/c1-5-16-35(27-13-9-22(18-25(27)33)31(2,3)4)29(37)15-14-28(36)34-26-12-8-21(17-24(26)32)20-6-10-23(11-7-20)40-19-30(38)39/h5-13,17-18H,1,14-16,19H2,2-4H3,(H,34,36)(H,38,39). The number of carboxylic acid groups (broad SMARTS) is 1. The Hall–Kier alpha value is -3.81. The number of rotatable bonds is 11. The van der Waals surface area contributed by atoms with Crippen LogP contribution in [0.4, 0.5) is 11.4 Å². The zero-order valence-corrected chi connectivity index (χ0v) is 24.2. The summed E-state index contributed by atoms with van der Waals surface area (Å²) in [6.07, 6.45) is 1.55. The summed E-state index contributed by atoms with van der Waals surface area (Å²) in [5.74, 6) is -1.22. The second-order valence-electron chi connectivity index (χ2n) is 10.2. The molecule has 2 amide bonds. The summed E-state index contributed by atoms with van der Waals surface area (Å²) in [4.78, 5) is 37.9. The van der Waals surface area contributed by atoms with Gasteiger partial charge in [-0.05, 0) is 58.5 Å². The summed E-state index contributed by atoms with van der Waals surface area (Å²) < 4.78 is 5.15. The molecule has 0 spiro atoms. The number of benzene rings is 3. The molecule has 0 heterocycles. The lowest BCUT2D eigenvalue weighted by Gasteiger charge is -2.25. The molecule has 40 heavy (non-hydrogen) atoms. The van der Waals surface area contributed by atoms with E-state index in [9.17, 15) is 14.4 Å². The molecule has 0 radical (unpaired) electrons. The molecular weight excluding hydrogens is 551 g/mol. The van der Waals surface area contributed by atoms with E-state index in [1.807, 2.05) is 18.2 Å². The van der Waals surface area contributed by atoms with Gasteiger partial charge < -0.3 is 20.1 Å². The Balaban J connectivity index is 1.62. The maximum atomic E-state index is 13.1. The van der Waals surface area contributed by atoms with Crippen LogP contribution in [0.15, 0.2) is 73.3 Å². The van der Waals surface area contributed by atoms with E-state index >= 15 is 0 Å². The Bertz CT molecular complexity index is 1400. The van der Waals surface area contributed by atoms with E-state index in [-0.39, 0.29) is 36.6 Å². The molecule has 0 bridgehead atoms. The molecule has 0 atom stereocenters. The molecular formula is C31H32Cl2N2O5. The predicted molar refractivity (Wildman–Crippen MR) is 161 cm³/mol. The summed E-state index contributed by atoms with van der Waals surface area (Å²) in [5.41, 5.74) is 3.60. The number of carbonyl (C=O) groups excluding carboxylic acids is 2.